The number of amides is 1. The molecule has 1 saturated heterocycles. The number of fused-ring (bicyclic) bond motifs is 1. The molecule has 0 saturated carbocycles. The summed E-state index contributed by atoms with van der Waals surface area (Å²) in [6.45, 7) is 2.95. The zero-order chi connectivity index (χ0) is 17.1. The molecule has 0 bridgehead atoms. The van der Waals surface area contributed by atoms with Crippen LogP contribution in [0.2, 0.25) is 0 Å². The van der Waals surface area contributed by atoms with Gasteiger partial charge in [0, 0.05) is 13.1 Å². The van der Waals surface area contributed by atoms with Crippen LogP contribution in [0.1, 0.15) is 5.56 Å². The van der Waals surface area contributed by atoms with Gasteiger partial charge in [0.05, 0.1) is 31.0 Å². The van der Waals surface area contributed by atoms with Crippen LogP contribution in [0, 0.1) is 0 Å². The number of benzene rings is 2. The number of anilines is 2. The van der Waals surface area contributed by atoms with Gasteiger partial charge in [-0.05, 0) is 28.0 Å². The van der Waals surface area contributed by atoms with Gasteiger partial charge in [0.1, 0.15) is 0 Å². The molecule has 7 heteroatoms. The van der Waals surface area contributed by atoms with E-state index in [-0.39, 0.29) is 5.91 Å². The molecule has 0 atom stereocenters. The van der Waals surface area contributed by atoms with E-state index in [1.807, 2.05) is 42.5 Å². The number of nitrogens with one attached hydrogen (secondary N) is 1. The fourth-order valence-electron chi connectivity index (χ4n) is 2.99. The highest BCUT2D eigenvalue weighted by Gasteiger charge is 2.19. The highest BCUT2D eigenvalue weighted by molar-refractivity contribution is 6.03. The quantitative estimate of drug-likeness (QED) is 0.786. The van der Waals surface area contributed by atoms with E-state index < -0.39 is 0 Å². The first-order chi connectivity index (χ1) is 12.3. The predicted molar refractivity (Wildman–Crippen MR) is 93.6 cm³/mol. The second-order valence-electron chi connectivity index (χ2n) is 5.90. The van der Waals surface area contributed by atoms with Gasteiger partial charge in [0.15, 0.2) is 11.0 Å². The van der Waals surface area contributed by atoms with Gasteiger partial charge in [-0.2, -0.15) is 0 Å². The van der Waals surface area contributed by atoms with Crippen LogP contribution in [-0.4, -0.2) is 42.5 Å². The molecular formula is C18H18N4O3. The molecule has 3 aromatic rings. The molecule has 0 unspecified atom stereocenters. The number of ether oxygens (including phenoxy) is 1. The predicted octanol–water partition coefficient (Wildman–Crippen LogP) is 2.24. The van der Waals surface area contributed by atoms with Gasteiger partial charge in [-0.3, -0.25) is 4.79 Å². The SMILES string of the molecule is O=C(Cc1ccccc1)Nc1ccc(N2CCOCC2)c2nonc12. The minimum atomic E-state index is -0.102. The van der Waals surface area contributed by atoms with Crippen LogP contribution in [0.3, 0.4) is 0 Å². The van der Waals surface area contributed by atoms with Gasteiger partial charge in [0.25, 0.3) is 0 Å². The Morgan fingerprint density at radius 1 is 1.04 bits per heavy atom. The number of aromatic nitrogens is 2. The Balaban J connectivity index is 1.56. The standard InChI is InChI=1S/C18H18N4O3/c23-16(12-13-4-2-1-3-5-13)19-14-6-7-15(18-17(14)20-25-21-18)22-8-10-24-11-9-22/h1-7H,8-12H2,(H,19,23). The molecular weight excluding hydrogens is 320 g/mol. The monoisotopic (exact) mass is 338 g/mol. The fourth-order valence-corrected chi connectivity index (χ4v) is 2.99. The third-order valence-electron chi connectivity index (χ3n) is 4.23. The lowest BCUT2D eigenvalue weighted by Gasteiger charge is -2.28. The van der Waals surface area contributed by atoms with E-state index in [0.717, 1.165) is 24.3 Å². The van der Waals surface area contributed by atoms with Gasteiger partial charge in [-0.25, -0.2) is 4.63 Å². The Bertz CT molecular complexity index is 872. The Morgan fingerprint density at radius 2 is 1.80 bits per heavy atom. The Morgan fingerprint density at radius 3 is 2.60 bits per heavy atom. The maximum Gasteiger partial charge on any atom is 0.228 e. The number of hydrogen-bond acceptors (Lipinski definition) is 6. The van der Waals surface area contributed by atoms with E-state index in [9.17, 15) is 4.79 Å². The Hall–Kier alpha value is -2.93. The summed E-state index contributed by atoms with van der Waals surface area (Å²) in [6, 6.07) is 13.4. The van der Waals surface area contributed by atoms with Gasteiger partial charge in [-0.15, -0.1) is 0 Å². The minimum absolute atomic E-state index is 0.102. The van der Waals surface area contributed by atoms with E-state index >= 15 is 0 Å². The van der Waals surface area contributed by atoms with E-state index in [1.54, 1.807) is 0 Å². The Kier molecular flexibility index (Phi) is 4.30. The third kappa shape index (κ3) is 3.32. The first-order valence-electron chi connectivity index (χ1n) is 8.23. The number of carbonyl (C=O) groups excluding carboxylic acids is 1. The average molecular weight is 338 g/mol. The van der Waals surface area contributed by atoms with Crippen molar-refractivity contribution in [3.8, 4) is 0 Å². The van der Waals surface area contributed by atoms with Crippen molar-refractivity contribution in [2.45, 2.75) is 6.42 Å². The lowest BCUT2D eigenvalue weighted by molar-refractivity contribution is -0.115. The summed E-state index contributed by atoms with van der Waals surface area (Å²) >= 11 is 0. The first-order valence-corrected chi connectivity index (χ1v) is 8.23. The molecule has 2 aromatic carbocycles. The molecule has 1 fully saturated rings. The molecule has 1 aliphatic heterocycles. The van der Waals surface area contributed by atoms with Crippen molar-refractivity contribution in [3.05, 3.63) is 48.0 Å². The summed E-state index contributed by atoms with van der Waals surface area (Å²) in [5.41, 5.74) is 3.72. The van der Waals surface area contributed by atoms with Crippen LogP contribution >= 0.6 is 0 Å². The van der Waals surface area contributed by atoms with Crippen molar-refractivity contribution in [2.24, 2.45) is 0 Å². The molecule has 1 amide bonds. The van der Waals surface area contributed by atoms with Crippen LogP contribution in [0.4, 0.5) is 11.4 Å². The first kappa shape index (κ1) is 15.6. The summed E-state index contributed by atoms with van der Waals surface area (Å²) in [5, 5.41) is 10.9. The lowest BCUT2D eigenvalue weighted by atomic mass is 10.1. The summed E-state index contributed by atoms with van der Waals surface area (Å²) in [6.07, 6.45) is 0.304. The molecule has 0 spiro atoms. The van der Waals surface area contributed by atoms with Crippen LogP contribution < -0.4 is 10.2 Å². The highest BCUT2D eigenvalue weighted by atomic mass is 16.6. The number of morpholine rings is 1. The van der Waals surface area contributed by atoms with Gasteiger partial charge in [0.2, 0.25) is 5.91 Å². The van der Waals surface area contributed by atoms with E-state index in [0.29, 0.717) is 36.4 Å². The lowest BCUT2D eigenvalue weighted by Crippen LogP contribution is -2.36. The van der Waals surface area contributed by atoms with Crippen molar-refractivity contribution >= 4 is 28.3 Å². The van der Waals surface area contributed by atoms with E-state index in [4.69, 9.17) is 9.37 Å². The molecule has 2 heterocycles. The number of hydrogen-bond donors (Lipinski definition) is 1. The number of nitrogens with zero attached hydrogens (tertiary/aromatic N) is 3. The fraction of sp³-hybridized carbons (Fsp3) is 0.278. The van der Waals surface area contributed by atoms with Crippen molar-refractivity contribution in [1.29, 1.82) is 0 Å². The van der Waals surface area contributed by atoms with Crippen molar-refractivity contribution < 1.29 is 14.2 Å². The minimum Gasteiger partial charge on any atom is -0.378 e. The van der Waals surface area contributed by atoms with E-state index in [1.165, 1.54) is 0 Å². The van der Waals surface area contributed by atoms with Crippen molar-refractivity contribution in [1.82, 2.24) is 10.3 Å². The number of carbonyl (C=O) groups is 1. The topological polar surface area (TPSA) is 80.5 Å². The smallest absolute Gasteiger partial charge is 0.228 e. The van der Waals surface area contributed by atoms with Gasteiger partial charge < -0.3 is 15.0 Å². The normalized spacial score (nSPS) is 14.6. The summed E-state index contributed by atoms with van der Waals surface area (Å²) in [4.78, 5) is 14.5. The summed E-state index contributed by atoms with van der Waals surface area (Å²) < 4.78 is 10.3. The third-order valence-corrected chi connectivity index (χ3v) is 4.23. The molecule has 0 aliphatic carbocycles. The largest absolute Gasteiger partial charge is 0.378 e. The summed E-state index contributed by atoms with van der Waals surface area (Å²) in [7, 11) is 0. The van der Waals surface area contributed by atoms with Crippen molar-refractivity contribution in [3.63, 3.8) is 0 Å². The second kappa shape index (κ2) is 6.90. The van der Waals surface area contributed by atoms with Crippen LogP contribution in [0.5, 0.6) is 0 Å². The van der Waals surface area contributed by atoms with Gasteiger partial charge in [-0.1, -0.05) is 30.3 Å². The van der Waals surface area contributed by atoms with Gasteiger partial charge >= 0.3 is 0 Å². The van der Waals surface area contributed by atoms with Crippen LogP contribution in [0.25, 0.3) is 11.0 Å². The molecule has 25 heavy (non-hydrogen) atoms. The zero-order valence-electron chi connectivity index (χ0n) is 13.6. The molecule has 1 aromatic heterocycles. The molecule has 0 radical (unpaired) electrons. The molecule has 128 valence electrons. The molecule has 7 nitrogen and oxygen atoms in total. The van der Waals surface area contributed by atoms with Crippen molar-refractivity contribution in [2.75, 3.05) is 36.5 Å². The number of rotatable bonds is 4. The molecule has 1 aliphatic rings. The maximum atomic E-state index is 12.3. The zero-order valence-corrected chi connectivity index (χ0v) is 13.6. The molecule has 4 rings (SSSR count). The van der Waals surface area contributed by atoms with Crippen LogP contribution in [0.15, 0.2) is 47.1 Å². The Labute approximate surface area is 144 Å². The maximum absolute atomic E-state index is 12.3. The van der Waals surface area contributed by atoms with E-state index in [2.05, 4.69) is 20.5 Å². The van der Waals surface area contributed by atoms with Crippen LogP contribution in [-0.2, 0) is 16.0 Å². The second-order valence-corrected chi connectivity index (χ2v) is 5.90. The highest BCUT2D eigenvalue weighted by Crippen LogP contribution is 2.30. The summed E-state index contributed by atoms with van der Waals surface area (Å²) in [5.74, 6) is -0.102. The molecule has 1 N–H and O–H groups in total. The average Bonchev–Trinajstić information content (AvgIpc) is 3.14.